The Bertz CT molecular complexity index is 459. The molecule has 18 heavy (non-hydrogen) atoms. The lowest BCUT2D eigenvalue weighted by Gasteiger charge is -2.16. The minimum atomic E-state index is -0.0518. The predicted molar refractivity (Wildman–Crippen MR) is 67.3 cm³/mol. The van der Waals surface area contributed by atoms with E-state index in [2.05, 4.69) is 14.8 Å². The highest BCUT2D eigenvalue weighted by molar-refractivity contribution is 6.22. The van der Waals surface area contributed by atoms with Gasteiger partial charge in [-0.3, -0.25) is 4.79 Å². The van der Waals surface area contributed by atoms with Gasteiger partial charge in [0, 0.05) is 25.9 Å². The first-order chi connectivity index (χ1) is 8.74. The van der Waals surface area contributed by atoms with Crippen LogP contribution in [0.15, 0.2) is 0 Å². The lowest BCUT2D eigenvalue weighted by Crippen LogP contribution is -2.26. The molecule has 0 saturated carbocycles. The van der Waals surface area contributed by atoms with Crippen molar-refractivity contribution in [3.05, 3.63) is 11.6 Å². The number of nitrogens with zero attached hydrogens (tertiary/aromatic N) is 4. The highest BCUT2D eigenvalue weighted by atomic mass is 35.5. The zero-order valence-electron chi connectivity index (χ0n) is 10.3. The van der Waals surface area contributed by atoms with E-state index in [1.807, 2.05) is 0 Å². The molecule has 5 nitrogen and oxygen atoms in total. The van der Waals surface area contributed by atoms with Crippen molar-refractivity contribution in [2.75, 3.05) is 6.54 Å². The zero-order valence-corrected chi connectivity index (χ0v) is 11.1. The van der Waals surface area contributed by atoms with Crippen molar-refractivity contribution in [2.24, 2.45) is 0 Å². The van der Waals surface area contributed by atoms with Crippen molar-refractivity contribution in [3.63, 3.8) is 0 Å². The van der Waals surface area contributed by atoms with E-state index in [0.29, 0.717) is 19.5 Å². The lowest BCUT2D eigenvalue weighted by molar-refractivity contribution is -0.128. The van der Waals surface area contributed by atoms with E-state index in [4.69, 9.17) is 11.6 Å². The molecule has 6 heteroatoms. The Morgan fingerprint density at radius 2 is 2.17 bits per heavy atom. The third-order valence-electron chi connectivity index (χ3n) is 3.69. The molecular weight excluding hydrogens is 252 g/mol. The molecule has 0 spiro atoms. The summed E-state index contributed by atoms with van der Waals surface area (Å²) in [7, 11) is 0. The molecule has 1 saturated heterocycles. The highest BCUT2D eigenvalue weighted by Crippen LogP contribution is 2.20. The second-order valence-electron chi connectivity index (χ2n) is 5.07. The minimum absolute atomic E-state index is 0.0518. The Morgan fingerprint density at radius 3 is 2.94 bits per heavy atom. The van der Waals surface area contributed by atoms with Crippen LogP contribution < -0.4 is 0 Å². The highest BCUT2D eigenvalue weighted by Gasteiger charge is 2.29. The fraction of sp³-hybridized carbons (Fsp3) is 0.750. The van der Waals surface area contributed by atoms with Gasteiger partial charge in [-0.25, -0.2) is 0 Å². The second kappa shape index (κ2) is 4.88. The van der Waals surface area contributed by atoms with E-state index >= 15 is 0 Å². The van der Waals surface area contributed by atoms with Gasteiger partial charge in [0.1, 0.15) is 5.82 Å². The van der Waals surface area contributed by atoms with E-state index < -0.39 is 0 Å². The fourth-order valence-corrected chi connectivity index (χ4v) is 3.01. The van der Waals surface area contributed by atoms with Crippen LogP contribution in [-0.2, 0) is 24.3 Å². The van der Waals surface area contributed by atoms with E-state index in [0.717, 1.165) is 24.6 Å². The van der Waals surface area contributed by atoms with Crippen LogP contribution in [0.25, 0.3) is 0 Å². The van der Waals surface area contributed by atoms with Crippen LogP contribution in [0, 0.1) is 0 Å². The predicted octanol–water partition coefficient (Wildman–Crippen LogP) is 1.34. The molecule has 1 fully saturated rings. The van der Waals surface area contributed by atoms with Crippen LogP contribution in [0.5, 0.6) is 0 Å². The van der Waals surface area contributed by atoms with Crippen molar-refractivity contribution in [1.29, 1.82) is 0 Å². The molecule has 1 unspecified atom stereocenters. The molecule has 0 aromatic carbocycles. The number of carbonyl (C=O) groups is 1. The Balaban J connectivity index is 1.77. The first kappa shape index (κ1) is 12.0. The molecule has 2 aliphatic heterocycles. The third kappa shape index (κ3) is 2.23. The average molecular weight is 269 g/mol. The number of hydrogen-bond acceptors (Lipinski definition) is 3. The number of fused-ring (bicyclic) bond motifs is 1. The first-order valence-corrected chi connectivity index (χ1v) is 7.00. The number of carbonyl (C=O) groups excluding carboxylic acids is 1. The topological polar surface area (TPSA) is 51.0 Å². The number of hydrogen-bond donors (Lipinski definition) is 0. The maximum absolute atomic E-state index is 11.7. The van der Waals surface area contributed by atoms with Gasteiger partial charge in [0.15, 0.2) is 5.82 Å². The molecule has 1 aromatic heterocycles. The van der Waals surface area contributed by atoms with E-state index in [1.54, 1.807) is 4.90 Å². The van der Waals surface area contributed by atoms with Gasteiger partial charge in [-0.05, 0) is 12.8 Å². The van der Waals surface area contributed by atoms with E-state index in [1.165, 1.54) is 19.3 Å². The van der Waals surface area contributed by atoms with Gasteiger partial charge in [-0.15, -0.1) is 21.8 Å². The monoisotopic (exact) mass is 268 g/mol. The summed E-state index contributed by atoms with van der Waals surface area (Å²) in [5.41, 5.74) is 0. The lowest BCUT2D eigenvalue weighted by atomic mass is 10.2. The summed E-state index contributed by atoms with van der Waals surface area (Å²) in [6, 6.07) is 0. The molecule has 0 aliphatic carbocycles. The molecule has 0 radical (unpaired) electrons. The van der Waals surface area contributed by atoms with Crippen molar-refractivity contribution < 1.29 is 4.79 Å². The van der Waals surface area contributed by atoms with Crippen LogP contribution in [0.4, 0.5) is 0 Å². The summed E-state index contributed by atoms with van der Waals surface area (Å²) < 4.78 is 2.18. The molecule has 1 atom stereocenters. The van der Waals surface area contributed by atoms with E-state index in [9.17, 15) is 4.79 Å². The van der Waals surface area contributed by atoms with Crippen LogP contribution in [0.2, 0.25) is 0 Å². The summed E-state index contributed by atoms with van der Waals surface area (Å²) >= 11 is 6.01. The van der Waals surface area contributed by atoms with Crippen LogP contribution >= 0.6 is 11.6 Å². The van der Waals surface area contributed by atoms with Gasteiger partial charge in [0.2, 0.25) is 5.91 Å². The fourth-order valence-electron chi connectivity index (χ4n) is 2.71. The SMILES string of the molecule is O=C1CC(Cl)CN1Cc1nnc2n1CCCCC2. The summed E-state index contributed by atoms with van der Waals surface area (Å²) in [6.07, 6.45) is 5.05. The quantitative estimate of drug-likeness (QED) is 0.761. The number of aryl methyl sites for hydroxylation is 1. The molecule has 1 aromatic rings. The minimum Gasteiger partial charge on any atom is -0.334 e. The number of rotatable bonds is 2. The van der Waals surface area contributed by atoms with Crippen LogP contribution in [0.3, 0.4) is 0 Å². The molecule has 0 N–H and O–H groups in total. The zero-order chi connectivity index (χ0) is 12.5. The smallest absolute Gasteiger partial charge is 0.224 e. The molecule has 2 aliphatic rings. The molecule has 3 rings (SSSR count). The van der Waals surface area contributed by atoms with Gasteiger partial charge in [0.25, 0.3) is 0 Å². The van der Waals surface area contributed by atoms with Crippen molar-refractivity contribution in [2.45, 2.75) is 50.6 Å². The van der Waals surface area contributed by atoms with Crippen LogP contribution in [0.1, 0.15) is 37.3 Å². The molecular formula is C12H17ClN4O. The van der Waals surface area contributed by atoms with Crippen molar-refractivity contribution in [3.8, 4) is 0 Å². The Kier molecular flexibility index (Phi) is 3.24. The standard InChI is InChI=1S/C12H17ClN4O/c13-9-6-12(18)16(7-9)8-11-15-14-10-4-2-1-3-5-17(10)11/h9H,1-8H2. The van der Waals surface area contributed by atoms with Crippen molar-refractivity contribution in [1.82, 2.24) is 19.7 Å². The van der Waals surface area contributed by atoms with Gasteiger partial charge >= 0.3 is 0 Å². The number of likely N-dealkylation sites (tertiary alicyclic amines) is 1. The molecule has 3 heterocycles. The Morgan fingerprint density at radius 1 is 1.28 bits per heavy atom. The number of amides is 1. The summed E-state index contributed by atoms with van der Waals surface area (Å²) in [6.45, 7) is 2.15. The molecule has 0 bridgehead atoms. The first-order valence-electron chi connectivity index (χ1n) is 6.57. The summed E-state index contributed by atoms with van der Waals surface area (Å²) in [4.78, 5) is 13.5. The largest absolute Gasteiger partial charge is 0.334 e. The van der Waals surface area contributed by atoms with Gasteiger partial charge < -0.3 is 9.47 Å². The average Bonchev–Trinajstić information content (AvgIpc) is 2.75. The Hall–Kier alpha value is -1.10. The third-order valence-corrected chi connectivity index (χ3v) is 3.98. The summed E-state index contributed by atoms with van der Waals surface area (Å²) in [5.74, 6) is 2.10. The summed E-state index contributed by atoms with van der Waals surface area (Å²) in [5, 5.41) is 8.43. The number of halogens is 1. The molecule has 1 amide bonds. The second-order valence-corrected chi connectivity index (χ2v) is 5.69. The molecule has 98 valence electrons. The Labute approximate surface area is 111 Å². The van der Waals surface area contributed by atoms with Gasteiger partial charge in [-0.1, -0.05) is 6.42 Å². The van der Waals surface area contributed by atoms with Crippen LogP contribution in [-0.4, -0.2) is 37.5 Å². The van der Waals surface area contributed by atoms with Crippen molar-refractivity contribution >= 4 is 17.5 Å². The normalized spacial score (nSPS) is 24.2. The van der Waals surface area contributed by atoms with Gasteiger partial charge in [0.05, 0.1) is 11.9 Å². The number of alkyl halides is 1. The maximum atomic E-state index is 11.7. The maximum Gasteiger partial charge on any atom is 0.224 e. The number of aromatic nitrogens is 3. The van der Waals surface area contributed by atoms with E-state index in [-0.39, 0.29) is 11.3 Å². The van der Waals surface area contributed by atoms with Gasteiger partial charge in [-0.2, -0.15) is 0 Å².